The highest BCUT2D eigenvalue weighted by atomic mass is 127. The van der Waals surface area contributed by atoms with Crippen molar-refractivity contribution in [2.24, 2.45) is 4.99 Å². The molecular weight excluding hydrogens is 523 g/mol. The summed E-state index contributed by atoms with van der Waals surface area (Å²) >= 11 is 0. The summed E-state index contributed by atoms with van der Waals surface area (Å²) in [5.41, 5.74) is 0.911. The van der Waals surface area contributed by atoms with E-state index in [1.807, 2.05) is 37.3 Å². The molecule has 1 atom stereocenters. The average molecular weight is 558 g/mol. The molecule has 178 valence electrons. The molecule has 1 aromatic heterocycles. The molecule has 2 N–H and O–H groups in total. The third kappa shape index (κ3) is 8.27. The molecule has 0 spiro atoms. The number of methoxy groups -OCH3 is 1. The number of aliphatic imine (C=N–C) groups is 1. The van der Waals surface area contributed by atoms with Gasteiger partial charge in [-0.05, 0) is 31.2 Å². The van der Waals surface area contributed by atoms with Gasteiger partial charge < -0.3 is 29.3 Å². The number of morpholine rings is 1. The lowest BCUT2D eigenvalue weighted by Crippen LogP contribution is -2.44. The Labute approximate surface area is 207 Å². The molecule has 32 heavy (non-hydrogen) atoms. The van der Waals surface area contributed by atoms with Gasteiger partial charge in [0.2, 0.25) is 0 Å². The first kappa shape index (κ1) is 26.4. The molecule has 1 aliphatic heterocycles. The molecular formula is C23H35IN4O4. The van der Waals surface area contributed by atoms with Gasteiger partial charge in [0.1, 0.15) is 17.3 Å². The number of nitrogens with zero attached hydrogens (tertiary/aromatic N) is 2. The van der Waals surface area contributed by atoms with Crippen LogP contribution in [0.4, 0.5) is 5.69 Å². The fourth-order valence-corrected chi connectivity index (χ4v) is 3.50. The standard InChI is InChI=1S/C23H34N4O4.HI/c1-18-8-9-22(31-18)21(27-10-14-29-15-11-27)17-25-23(24-2)26-19-6-4-7-20(16-19)30-13-5-12-28-3;/h4,6-9,16,21H,5,10-15,17H2,1-3H3,(H2,24,25,26);1H. The van der Waals surface area contributed by atoms with Gasteiger partial charge in [-0.1, -0.05) is 6.07 Å². The van der Waals surface area contributed by atoms with Gasteiger partial charge in [0.25, 0.3) is 0 Å². The van der Waals surface area contributed by atoms with E-state index in [9.17, 15) is 0 Å². The van der Waals surface area contributed by atoms with Crippen molar-refractivity contribution in [3.05, 3.63) is 47.9 Å². The number of nitrogens with one attached hydrogen (secondary N) is 2. The minimum atomic E-state index is 0. The van der Waals surface area contributed by atoms with Crippen LogP contribution in [-0.2, 0) is 9.47 Å². The quantitative estimate of drug-likeness (QED) is 0.199. The Morgan fingerprint density at radius 2 is 2.00 bits per heavy atom. The number of hydrogen-bond acceptors (Lipinski definition) is 6. The van der Waals surface area contributed by atoms with Gasteiger partial charge in [-0.25, -0.2) is 0 Å². The normalized spacial score (nSPS) is 15.7. The Morgan fingerprint density at radius 1 is 1.19 bits per heavy atom. The van der Waals surface area contributed by atoms with E-state index in [-0.39, 0.29) is 30.0 Å². The van der Waals surface area contributed by atoms with Crippen molar-refractivity contribution in [1.82, 2.24) is 10.2 Å². The van der Waals surface area contributed by atoms with Crippen molar-refractivity contribution in [2.45, 2.75) is 19.4 Å². The molecule has 0 radical (unpaired) electrons. The van der Waals surface area contributed by atoms with Gasteiger partial charge in [0, 0.05) is 58.6 Å². The molecule has 2 aromatic rings. The molecule has 1 aromatic carbocycles. The number of anilines is 1. The van der Waals surface area contributed by atoms with Gasteiger partial charge in [-0.3, -0.25) is 9.89 Å². The van der Waals surface area contributed by atoms with Crippen LogP contribution in [-0.4, -0.2) is 71.1 Å². The molecule has 1 aliphatic rings. The summed E-state index contributed by atoms with van der Waals surface area (Å²) < 4.78 is 22.3. The molecule has 3 rings (SSSR count). The highest BCUT2D eigenvalue weighted by Crippen LogP contribution is 2.23. The molecule has 9 heteroatoms. The lowest BCUT2D eigenvalue weighted by Gasteiger charge is -2.33. The number of furan rings is 1. The first-order valence-corrected chi connectivity index (χ1v) is 10.8. The van der Waals surface area contributed by atoms with Gasteiger partial charge >= 0.3 is 0 Å². The summed E-state index contributed by atoms with van der Waals surface area (Å²) in [5, 5.41) is 6.79. The van der Waals surface area contributed by atoms with Gasteiger partial charge in [-0.15, -0.1) is 24.0 Å². The van der Waals surface area contributed by atoms with Crippen LogP contribution in [0.2, 0.25) is 0 Å². The number of benzene rings is 1. The molecule has 1 unspecified atom stereocenters. The largest absolute Gasteiger partial charge is 0.493 e. The summed E-state index contributed by atoms with van der Waals surface area (Å²) in [6.45, 7) is 7.17. The summed E-state index contributed by atoms with van der Waals surface area (Å²) in [6.07, 6.45) is 0.854. The molecule has 2 heterocycles. The summed E-state index contributed by atoms with van der Waals surface area (Å²) in [6, 6.07) is 12.0. The lowest BCUT2D eigenvalue weighted by atomic mass is 10.1. The number of rotatable bonds is 10. The Kier molecular flexibility index (Phi) is 11.9. The molecule has 1 fully saturated rings. The highest BCUT2D eigenvalue weighted by Gasteiger charge is 2.25. The number of hydrogen-bond donors (Lipinski definition) is 2. The van der Waals surface area contributed by atoms with Crippen LogP contribution in [0.1, 0.15) is 24.0 Å². The molecule has 0 saturated carbocycles. The molecule has 1 saturated heterocycles. The van der Waals surface area contributed by atoms with E-state index in [0.717, 1.165) is 55.7 Å². The van der Waals surface area contributed by atoms with Crippen molar-refractivity contribution in [1.29, 1.82) is 0 Å². The maximum Gasteiger partial charge on any atom is 0.195 e. The lowest BCUT2D eigenvalue weighted by molar-refractivity contribution is 0.0125. The van der Waals surface area contributed by atoms with Crippen molar-refractivity contribution >= 4 is 35.6 Å². The molecule has 0 amide bonds. The van der Waals surface area contributed by atoms with Gasteiger partial charge in [-0.2, -0.15) is 0 Å². The second-order valence-corrected chi connectivity index (χ2v) is 7.41. The van der Waals surface area contributed by atoms with Crippen LogP contribution in [0.25, 0.3) is 0 Å². The number of guanidine groups is 1. The zero-order valence-electron chi connectivity index (χ0n) is 19.1. The fraction of sp³-hybridized carbons (Fsp3) is 0.522. The molecule has 0 aliphatic carbocycles. The van der Waals surface area contributed by atoms with E-state index in [1.165, 1.54) is 0 Å². The Morgan fingerprint density at radius 3 is 2.69 bits per heavy atom. The second kappa shape index (κ2) is 14.4. The van der Waals surface area contributed by atoms with Crippen LogP contribution >= 0.6 is 24.0 Å². The SMILES string of the molecule is CN=C(NCC(c1ccc(C)o1)N1CCOCC1)Nc1cccc(OCCCOC)c1.I. The molecule has 0 bridgehead atoms. The predicted octanol–water partition coefficient (Wildman–Crippen LogP) is 3.68. The molecule has 8 nitrogen and oxygen atoms in total. The van der Waals surface area contributed by atoms with Crippen molar-refractivity contribution < 1.29 is 18.6 Å². The minimum absolute atomic E-state index is 0. The third-order valence-electron chi connectivity index (χ3n) is 5.12. The summed E-state index contributed by atoms with van der Waals surface area (Å²) in [7, 11) is 3.46. The highest BCUT2D eigenvalue weighted by molar-refractivity contribution is 14.0. The second-order valence-electron chi connectivity index (χ2n) is 7.41. The Hall–Kier alpha value is -1.82. The number of aryl methyl sites for hydroxylation is 1. The maximum absolute atomic E-state index is 5.95. The van der Waals surface area contributed by atoms with E-state index in [1.54, 1.807) is 14.2 Å². The van der Waals surface area contributed by atoms with Crippen LogP contribution in [0.3, 0.4) is 0 Å². The van der Waals surface area contributed by atoms with Gasteiger partial charge in [0.05, 0.1) is 25.9 Å². The predicted molar refractivity (Wildman–Crippen MR) is 137 cm³/mol. The zero-order valence-corrected chi connectivity index (χ0v) is 21.5. The number of halogens is 1. The van der Waals surface area contributed by atoms with Crippen LogP contribution < -0.4 is 15.4 Å². The van der Waals surface area contributed by atoms with Crippen LogP contribution in [0.15, 0.2) is 45.8 Å². The Bertz CT molecular complexity index is 824. The van der Waals surface area contributed by atoms with Gasteiger partial charge in [0.15, 0.2) is 5.96 Å². The summed E-state index contributed by atoms with van der Waals surface area (Å²) in [5.74, 6) is 3.37. The first-order valence-electron chi connectivity index (χ1n) is 10.8. The van der Waals surface area contributed by atoms with Crippen molar-refractivity contribution in [3.63, 3.8) is 0 Å². The van der Waals surface area contributed by atoms with E-state index in [0.29, 0.717) is 25.7 Å². The van der Waals surface area contributed by atoms with E-state index in [4.69, 9.17) is 18.6 Å². The minimum Gasteiger partial charge on any atom is -0.493 e. The Balaban J connectivity index is 0.00000363. The summed E-state index contributed by atoms with van der Waals surface area (Å²) in [4.78, 5) is 6.76. The average Bonchev–Trinajstić information content (AvgIpc) is 3.23. The smallest absolute Gasteiger partial charge is 0.195 e. The maximum atomic E-state index is 5.95. The van der Waals surface area contributed by atoms with E-state index >= 15 is 0 Å². The number of ether oxygens (including phenoxy) is 3. The van der Waals surface area contributed by atoms with E-state index in [2.05, 4.69) is 26.6 Å². The zero-order chi connectivity index (χ0) is 21.9. The third-order valence-corrected chi connectivity index (χ3v) is 5.12. The van der Waals surface area contributed by atoms with Crippen LogP contribution in [0.5, 0.6) is 5.75 Å². The fourth-order valence-electron chi connectivity index (χ4n) is 3.50. The van der Waals surface area contributed by atoms with Crippen LogP contribution in [0, 0.1) is 6.92 Å². The van der Waals surface area contributed by atoms with Crippen molar-refractivity contribution in [3.8, 4) is 5.75 Å². The van der Waals surface area contributed by atoms with Crippen molar-refractivity contribution in [2.75, 3.05) is 65.5 Å². The van der Waals surface area contributed by atoms with E-state index < -0.39 is 0 Å². The first-order chi connectivity index (χ1) is 15.2. The monoisotopic (exact) mass is 558 g/mol. The topological polar surface area (TPSA) is 80.5 Å².